The van der Waals surface area contributed by atoms with Crippen molar-refractivity contribution < 1.29 is 18.8 Å². The highest BCUT2D eigenvalue weighted by molar-refractivity contribution is 5.96. The number of nitrogens with zero attached hydrogens (tertiary/aromatic N) is 3. The summed E-state index contributed by atoms with van der Waals surface area (Å²) >= 11 is 0. The number of methoxy groups -OCH3 is 2. The Morgan fingerprint density at radius 3 is 2.41 bits per heavy atom. The molecule has 1 fully saturated rings. The highest BCUT2D eigenvalue weighted by Gasteiger charge is 2.34. The Morgan fingerprint density at radius 1 is 1.10 bits per heavy atom. The highest BCUT2D eigenvalue weighted by Crippen LogP contribution is 2.33. The van der Waals surface area contributed by atoms with E-state index in [0.29, 0.717) is 41.7 Å². The largest absolute Gasteiger partial charge is 0.497 e. The molecule has 0 bridgehead atoms. The zero-order chi connectivity index (χ0) is 20.4. The average Bonchev–Trinajstić information content (AvgIpc) is 3.40. The lowest BCUT2D eigenvalue weighted by molar-refractivity contribution is -0.117. The molecule has 7 nitrogen and oxygen atoms in total. The lowest BCUT2D eigenvalue weighted by Crippen LogP contribution is -2.24. The molecule has 1 amide bonds. The van der Waals surface area contributed by atoms with Gasteiger partial charge in [-0.2, -0.15) is 4.98 Å². The summed E-state index contributed by atoms with van der Waals surface area (Å²) < 4.78 is 16.1. The normalized spacial score (nSPS) is 16.3. The number of hydrogen-bond acceptors (Lipinski definition) is 6. The van der Waals surface area contributed by atoms with Crippen LogP contribution >= 0.6 is 0 Å². The number of amides is 1. The van der Waals surface area contributed by atoms with Crippen molar-refractivity contribution in [3.63, 3.8) is 0 Å². The molecule has 1 unspecified atom stereocenters. The molecule has 4 rings (SSSR count). The Labute approximate surface area is 169 Å². The fraction of sp³-hybridized carbons (Fsp3) is 0.318. The van der Waals surface area contributed by atoms with Gasteiger partial charge in [-0.15, -0.1) is 0 Å². The van der Waals surface area contributed by atoms with Gasteiger partial charge >= 0.3 is 0 Å². The predicted octanol–water partition coefficient (Wildman–Crippen LogP) is 3.84. The molecule has 1 aliphatic heterocycles. The van der Waals surface area contributed by atoms with Gasteiger partial charge in [0, 0.05) is 36.2 Å². The number of hydrogen-bond donors (Lipinski definition) is 0. The highest BCUT2D eigenvalue weighted by atomic mass is 16.5. The molecule has 0 aliphatic carbocycles. The van der Waals surface area contributed by atoms with Crippen LogP contribution in [0, 0.1) is 0 Å². The van der Waals surface area contributed by atoms with E-state index < -0.39 is 0 Å². The van der Waals surface area contributed by atoms with E-state index in [-0.39, 0.29) is 11.8 Å². The van der Waals surface area contributed by atoms with Gasteiger partial charge in [-0.25, -0.2) is 0 Å². The van der Waals surface area contributed by atoms with Crippen molar-refractivity contribution in [2.45, 2.75) is 25.7 Å². The molecule has 0 radical (unpaired) electrons. The van der Waals surface area contributed by atoms with Crippen LogP contribution in [-0.4, -0.2) is 36.8 Å². The van der Waals surface area contributed by atoms with Crippen LogP contribution in [0.25, 0.3) is 11.5 Å². The maximum absolute atomic E-state index is 12.6. The average molecular weight is 393 g/mol. The SMILES string of the molecule is CCc1ccc(N2CC(c3noc(-c4cc(OC)cc(OC)c4)n3)CC2=O)cc1. The van der Waals surface area contributed by atoms with Crippen molar-refractivity contribution in [3.8, 4) is 23.0 Å². The monoisotopic (exact) mass is 393 g/mol. The standard InChI is InChI=1S/C22H23N3O4/c1-4-14-5-7-17(8-6-14)25-13-16(11-20(25)26)21-23-22(29-24-21)15-9-18(27-2)12-19(10-15)28-3/h5-10,12,16H,4,11,13H2,1-3H3. The Bertz CT molecular complexity index is 991. The van der Waals surface area contributed by atoms with Crippen LogP contribution in [0.1, 0.15) is 30.7 Å². The van der Waals surface area contributed by atoms with Crippen LogP contribution in [0.5, 0.6) is 11.5 Å². The maximum Gasteiger partial charge on any atom is 0.258 e. The van der Waals surface area contributed by atoms with Crippen LogP contribution < -0.4 is 14.4 Å². The van der Waals surface area contributed by atoms with Crippen molar-refractivity contribution in [2.24, 2.45) is 0 Å². The van der Waals surface area contributed by atoms with Gasteiger partial charge in [-0.3, -0.25) is 4.79 Å². The smallest absolute Gasteiger partial charge is 0.258 e. The van der Waals surface area contributed by atoms with Gasteiger partial charge in [-0.05, 0) is 36.2 Å². The molecule has 1 aliphatic rings. The number of benzene rings is 2. The van der Waals surface area contributed by atoms with Gasteiger partial charge in [0.2, 0.25) is 5.91 Å². The Kier molecular flexibility index (Phi) is 5.20. The van der Waals surface area contributed by atoms with Gasteiger partial charge in [0.05, 0.1) is 14.2 Å². The molecule has 2 aromatic carbocycles. The van der Waals surface area contributed by atoms with Crippen LogP contribution in [0.15, 0.2) is 47.0 Å². The van der Waals surface area contributed by atoms with E-state index >= 15 is 0 Å². The minimum atomic E-state index is -0.113. The molecular weight excluding hydrogens is 370 g/mol. The molecule has 7 heteroatoms. The second kappa shape index (κ2) is 7.95. The molecule has 1 aromatic heterocycles. The van der Waals surface area contributed by atoms with E-state index in [1.54, 1.807) is 37.3 Å². The molecule has 0 saturated carbocycles. The first kappa shape index (κ1) is 19.0. The summed E-state index contributed by atoms with van der Waals surface area (Å²) in [6.45, 7) is 2.64. The number of carbonyl (C=O) groups is 1. The van der Waals surface area contributed by atoms with E-state index in [1.165, 1.54) is 5.56 Å². The maximum atomic E-state index is 12.6. The number of aryl methyl sites for hydroxylation is 1. The third-order valence-electron chi connectivity index (χ3n) is 5.19. The summed E-state index contributed by atoms with van der Waals surface area (Å²) in [6.07, 6.45) is 1.33. The number of carbonyl (C=O) groups excluding carboxylic acids is 1. The van der Waals surface area contributed by atoms with Crippen molar-refractivity contribution >= 4 is 11.6 Å². The summed E-state index contributed by atoms with van der Waals surface area (Å²) in [4.78, 5) is 18.9. The molecular formula is C22H23N3O4. The first-order valence-electron chi connectivity index (χ1n) is 9.57. The second-order valence-electron chi connectivity index (χ2n) is 6.98. The third-order valence-corrected chi connectivity index (χ3v) is 5.19. The number of aromatic nitrogens is 2. The van der Waals surface area contributed by atoms with Crippen LogP contribution in [-0.2, 0) is 11.2 Å². The molecule has 0 spiro atoms. The van der Waals surface area contributed by atoms with Crippen molar-refractivity contribution in [1.29, 1.82) is 0 Å². The molecule has 150 valence electrons. The van der Waals surface area contributed by atoms with Gasteiger partial charge in [0.15, 0.2) is 5.82 Å². The molecule has 3 aromatic rings. The van der Waals surface area contributed by atoms with E-state index in [4.69, 9.17) is 14.0 Å². The molecule has 0 N–H and O–H groups in total. The molecule has 2 heterocycles. The van der Waals surface area contributed by atoms with E-state index in [1.807, 2.05) is 12.1 Å². The lowest BCUT2D eigenvalue weighted by atomic mass is 10.1. The Balaban J connectivity index is 1.55. The first-order valence-corrected chi connectivity index (χ1v) is 9.57. The Hall–Kier alpha value is -3.35. The van der Waals surface area contributed by atoms with Crippen LogP contribution in [0.2, 0.25) is 0 Å². The summed E-state index contributed by atoms with van der Waals surface area (Å²) in [6, 6.07) is 13.5. The predicted molar refractivity (Wildman–Crippen MR) is 108 cm³/mol. The van der Waals surface area contributed by atoms with E-state index in [9.17, 15) is 4.79 Å². The van der Waals surface area contributed by atoms with Crippen molar-refractivity contribution in [2.75, 3.05) is 25.7 Å². The summed E-state index contributed by atoms with van der Waals surface area (Å²) in [5.41, 5.74) is 2.85. The summed E-state index contributed by atoms with van der Waals surface area (Å²) in [5.74, 6) is 2.12. The minimum Gasteiger partial charge on any atom is -0.497 e. The number of ether oxygens (including phenoxy) is 2. The Morgan fingerprint density at radius 2 is 1.79 bits per heavy atom. The topological polar surface area (TPSA) is 77.7 Å². The van der Waals surface area contributed by atoms with Crippen molar-refractivity contribution in [3.05, 3.63) is 53.9 Å². The van der Waals surface area contributed by atoms with Gasteiger partial charge in [-0.1, -0.05) is 24.2 Å². The minimum absolute atomic E-state index is 0.0636. The van der Waals surface area contributed by atoms with Gasteiger partial charge < -0.3 is 18.9 Å². The van der Waals surface area contributed by atoms with Gasteiger partial charge in [0.25, 0.3) is 5.89 Å². The number of anilines is 1. The fourth-order valence-electron chi connectivity index (χ4n) is 3.49. The van der Waals surface area contributed by atoms with Gasteiger partial charge in [0.1, 0.15) is 11.5 Å². The fourth-order valence-corrected chi connectivity index (χ4v) is 3.49. The van der Waals surface area contributed by atoms with Crippen LogP contribution in [0.3, 0.4) is 0 Å². The number of rotatable bonds is 6. The molecule has 1 saturated heterocycles. The second-order valence-corrected chi connectivity index (χ2v) is 6.98. The quantitative estimate of drug-likeness (QED) is 0.633. The molecule has 1 atom stereocenters. The molecule has 29 heavy (non-hydrogen) atoms. The van der Waals surface area contributed by atoms with E-state index in [2.05, 4.69) is 29.2 Å². The first-order chi connectivity index (χ1) is 14.1. The van der Waals surface area contributed by atoms with Crippen LogP contribution in [0.4, 0.5) is 5.69 Å². The summed E-state index contributed by atoms with van der Waals surface area (Å²) in [7, 11) is 3.17. The lowest BCUT2D eigenvalue weighted by Gasteiger charge is -2.16. The zero-order valence-corrected chi connectivity index (χ0v) is 16.7. The summed E-state index contributed by atoms with van der Waals surface area (Å²) in [5, 5.41) is 4.13. The van der Waals surface area contributed by atoms with Crippen molar-refractivity contribution in [1.82, 2.24) is 10.1 Å². The third kappa shape index (κ3) is 3.81. The van der Waals surface area contributed by atoms with E-state index in [0.717, 1.165) is 12.1 Å². The zero-order valence-electron chi connectivity index (χ0n) is 16.7.